The Hall–Kier alpha value is -1.10. The van der Waals surface area contributed by atoms with Crippen molar-refractivity contribution in [3.63, 3.8) is 0 Å². The Morgan fingerprint density at radius 2 is 2.06 bits per heavy atom. The third-order valence-corrected chi connectivity index (χ3v) is 3.46. The number of amides is 1. The average molecular weight is 256 g/mol. The lowest BCUT2D eigenvalue weighted by molar-refractivity contribution is -0.154. The van der Waals surface area contributed by atoms with Crippen molar-refractivity contribution in [3.8, 4) is 0 Å². The topological polar surface area (TPSA) is 83.6 Å². The molecule has 0 bridgehead atoms. The van der Waals surface area contributed by atoms with Crippen LogP contribution in [0.2, 0.25) is 0 Å². The normalized spacial score (nSPS) is 22.0. The zero-order chi connectivity index (χ0) is 13.7. The standard InChI is InChI=1S/C13H24N2O3/c1-9(2)7-10(8-14)12(16)15-6-4-3-5-11(15)13(17)18/h9-11H,3-8,14H2,1-2H3,(H,17,18)/t10?,11-/m1/s1. The van der Waals surface area contributed by atoms with Crippen LogP contribution in [0.3, 0.4) is 0 Å². The van der Waals surface area contributed by atoms with Crippen molar-refractivity contribution in [3.05, 3.63) is 0 Å². The first-order valence-corrected chi connectivity index (χ1v) is 6.70. The zero-order valence-corrected chi connectivity index (χ0v) is 11.3. The third-order valence-electron chi connectivity index (χ3n) is 3.46. The molecular weight excluding hydrogens is 232 g/mol. The van der Waals surface area contributed by atoms with Crippen molar-refractivity contribution in [1.29, 1.82) is 0 Å². The fraction of sp³-hybridized carbons (Fsp3) is 0.846. The van der Waals surface area contributed by atoms with Crippen LogP contribution in [-0.2, 0) is 9.59 Å². The molecule has 0 aromatic carbocycles. The lowest BCUT2D eigenvalue weighted by Crippen LogP contribution is -2.51. The lowest BCUT2D eigenvalue weighted by atomic mass is 9.93. The van der Waals surface area contributed by atoms with Crippen LogP contribution in [0.15, 0.2) is 0 Å². The molecule has 0 aromatic heterocycles. The minimum absolute atomic E-state index is 0.0849. The Bertz CT molecular complexity index is 305. The van der Waals surface area contributed by atoms with Gasteiger partial charge < -0.3 is 15.7 Å². The van der Waals surface area contributed by atoms with Crippen molar-refractivity contribution >= 4 is 11.9 Å². The summed E-state index contributed by atoms with van der Waals surface area (Å²) in [5.74, 6) is -0.845. The first-order valence-electron chi connectivity index (χ1n) is 6.70. The van der Waals surface area contributed by atoms with Crippen LogP contribution in [0.25, 0.3) is 0 Å². The predicted molar refractivity (Wildman–Crippen MR) is 69.0 cm³/mol. The summed E-state index contributed by atoms with van der Waals surface area (Å²) in [4.78, 5) is 25.1. The van der Waals surface area contributed by atoms with E-state index in [-0.39, 0.29) is 11.8 Å². The fourth-order valence-corrected chi connectivity index (χ4v) is 2.55. The molecule has 1 aliphatic heterocycles. The molecule has 0 aromatic rings. The van der Waals surface area contributed by atoms with Crippen molar-refractivity contribution in [2.24, 2.45) is 17.6 Å². The average Bonchev–Trinajstić information content (AvgIpc) is 2.34. The molecule has 1 aliphatic rings. The molecular formula is C13H24N2O3. The molecule has 1 unspecified atom stereocenters. The van der Waals surface area contributed by atoms with E-state index in [1.165, 1.54) is 4.90 Å². The molecule has 1 heterocycles. The van der Waals surface area contributed by atoms with Crippen molar-refractivity contribution < 1.29 is 14.7 Å². The second-order valence-electron chi connectivity index (χ2n) is 5.44. The number of carboxylic acids is 1. The quantitative estimate of drug-likeness (QED) is 0.770. The molecule has 3 N–H and O–H groups in total. The van der Waals surface area contributed by atoms with Crippen molar-refractivity contribution in [2.45, 2.75) is 45.6 Å². The number of carbonyl (C=O) groups excluding carboxylic acids is 1. The van der Waals surface area contributed by atoms with Crippen LogP contribution in [0.1, 0.15) is 39.5 Å². The van der Waals surface area contributed by atoms with E-state index in [0.29, 0.717) is 25.4 Å². The first kappa shape index (κ1) is 15.0. The SMILES string of the molecule is CC(C)CC(CN)C(=O)N1CCCC[C@@H]1C(=O)O. The van der Waals surface area contributed by atoms with Gasteiger partial charge in [-0.25, -0.2) is 4.79 Å². The molecule has 5 nitrogen and oxygen atoms in total. The largest absolute Gasteiger partial charge is 0.480 e. The Balaban J connectivity index is 2.75. The van der Waals surface area contributed by atoms with E-state index in [4.69, 9.17) is 10.8 Å². The lowest BCUT2D eigenvalue weighted by Gasteiger charge is -2.35. The summed E-state index contributed by atoms with van der Waals surface area (Å²) in [5, 5.41) is 9.17. The van der Waals surface area contributed by atoms with Crippen LogP contribution >= 0.6 is 0 Å². The van der Waals surface area contributed by atoms with Gasteiger partial charge in [0.05, 0.1) is 5.92 Å². The maximum Gasteiger partial charge on any atom is 0.326 e. The van der Waals surface area contributed by atoms with Crippen molar-refractivity contribution in [2.75, 3.05) is 13.1 Å². The second kappa shape index (κ2) is 6.73. The van der Waals surface area contributed by atoms with Gasteiger partial charge in [0.1, 0.15) is 6.04 Å². The summed E-state index contributed by atoms with van der Waals surface area (Å²) in [6.07, 6.45) is 3.03. The minimum atomic E-state index is -0.900. The van der Waals surface area contributed by atoms with Gasteiger partial charge in [-0.15, -0.1) is 0 Å². The second-order valence-corrected chi connectivity index (χ2v) is 5.44. The van der Waals surface area contributed by atoms with Gasteiger partial charge >= 0.3 is 5.97 Å². The van der Waals surface area contributed by atoms with Gasteiger partial charge in [0.15, 0.2) is 0 Å². The Morgan fingerprint density at radius 1 is 1.39 bits per heavy atom. The van der Waals surface area contributed by atoms with E-state index in [9.17, 15) is 9.59 Å². The number of carbonyl (C=O) groups is 2. The van der Waals surface area contributed by atoms with Crippen LogP contribution in [0, 0.1) is 11.8 Å². The van der Waals surface area contributed by atoms with Gasteiger partial charge in [-0.3, -0.25) is 4.79 Å². The van der Waals surface area contributed by atoms with Crippen LogP contribution in [0.4, 0.5) is 0 Å². The van der Waals surface area contributed by atoms with E-state index in [1.54, 1.807) is 0 Å². The van der Waals surface area contributed by atoms with E-state index in [0.717, 1.165) is 19.3 Å². The monoisotopic (exact) mass is 256 g/mol. The number of carboxylic acid groups (broad SMARTS) is 1. The summed E-state index contributed by atoms with van der Waals surface area (Å²) in [6, 6.07) is -0.660. The van der Waals surface area contributed by atoms with Gasteiger partial charge in [0, 0.05) is 13.1 Å². The molecule has 18 heavy (non-hydrogen) atoms. The number of piperidine rings is 1. The highest BCUT2D eigenvalue weighted by atomic mass is 16.4. The molecule has 1 amide bonds. The zero-order valence-electron chi connectivity index (χ0n) is 11.3. The summed E-state index contributed by atoms with van der Waals surface area (Å²) in [6.45, 7) is 4.92. The predicted octanol–water partition coefficient (Wildman–Crippen LogP) is 1.07. The maximum absolute atomic E-state index is 12.4. The molecule has 104 valence electrons. The number of rotatable bonds is 5. The smallest absolute Gasteiger partial charge is 0.326 e. The number of nitrogens with zero attached hydrogens (tertiary/aromatic N) is 1. The Morgan fingerprint density at radius 3 is 2.56 bits per heavy atom. The highest BCUT2D eigenvalue weighted by Gasteiger charge is 2.34. The highest BCUT2D eigenvalue weighted by Crippen LogP contribution is 2.22. The van der Waals surface area contributed by atoms with Crippen LogP contribution in [-0.4, -0.2) is 41.0 Å². The fourth-order valence-electron chi connectivity index (χ4n) is 2.55. The van der Waals surface area contributed by atoms with Gasteiger partial charge in [0.25, 0.3) is 0 Å². The molecule has 0 radical (unpaired) electrons. The van der Waals surface area contributed by atoms with Gasteiger partial charge in [-0.1, -0.05) is 13.8 Å². The molecule has 5 heteroatoms. The number of hydrogen-bond donors (Lipinski definition) is 2. The first-order chi connectivity index (χ1) is 8.47. The summed E-state index contributed by atoms with van der Waals surface area (Å²) in [5.41, 5.74) is 5.66. The number of nitrogens with two attached hydrogens (primary N) is 1. The molecule has 1 rings (SSSR count). The van der Waals surface area contributed by atoms with Gasteiger partial charge in [0.2, 0.25) is 5.91 Å². The molecule has 2 atom stereocenters. The van der Waals surface area contributed by atoms with Gasteiger partial charge in [-0.2, -0.15) is 0 Å². The molecule has 0 spiro atoms. The highest BCUT2D eigenvalue weighted by molar-refractivity contribution is 5.85. The summed E-state index contributed by atoms with van der Waals surface area (Å²) >= 11 is 0. The van der Waals surface area contributed by atoms with E-state index in [1.807, 2.05) is 13.8 Å². The molecule has 0 saturated carbocycles. The van der Waals surface area contributed by atoms with Crippen LogP contribution in [0.5, 0.6) is 0 Å². The molecule has 1 saturated heterocycles. The molecule has 0 aliphatic carbocycles. The summed E-state index contributed by atoms with van der Waals surface area (Å²) < 4.78 is 0. The minimum Gasteiger partial charge on any atom is -0.480 e. The van der Waals surface area contributed by atoms with Crippen molar-refractivity contribution in [1.82, 2.24) is 4.90 Å². The number of hydrogen-bond acceptors (Lipinski definition) is 3. The van der Waals surface area contributed by atoms with E-state index in [2.05, 4.69) is 0 Å². The summed E-state index contributed by atoms with van der Waals surface area (Å²) in [7, 11) is 0. The van der Waals surface area contributed by atoms with Gasteiger partial charge in [-0.05, 0) is 31.6 Å². The Labute approximate surface area is 108 Å². The number of likely N-dealkylation sites (tertiary alicyclic amines) is 1. The Kier molecular flexibility index (Phi) is 5.59. The van der Waals surface area contributed by atoms with E-state index < -0.39 is 12.0 Å². The molecule has 1 fully saturated rings. The number of aliphatic carboxylic acids is 1. The third kappa shape index (κ3) is 3.70. The van der Waals surface area contributed by atoms with Crippen LogP contribution < -0.4 is 5.73 Å². The maximum atomic E-state index is 12.4. The van der Waals surface area contributed by atoms with E-state index >= 15 is 0 Å².